The Morgan fingerprint density at radius 3 is 2.48 bits per heavy atom. The summed E-state index contributed by atoms with van der Waals surface area (Å²) in [5.74, 6) is -0.206. The van der Waals surface area contributed by atoms with Crippen LogP contribution in [0.3, 0.4) is 0 Å². The molecule has 0 aliphatic rings. The Kier molecular flexibility index (Phi) is 6.46. The van der Waals surface area contributed by atoms with Crippen LogP contribution in [0, 0.1) is 10.1 Å². The number of nitro groups is 1. The summed E-state index contributed by atoms with van der Waals surface area (Å²) in [4.78, 5) is 21.1. The number of carbonyl (C=O) groups is 1. The van der Waals surface area contributed by atoms with Crippen LogP contribution in [-0.2, 0) is 14.8 Å². The zero-order valence-corrected chi connectivity index (χ0v) is 13.9. The van der Waals surface area contributed by atoms with Crippen molar-refractivity contribution in [3.05, 3.63) is 28.3 Å². The molecule has 0 aliphatic heterocycles. The van der Waals surface area contributed by atoms with Crippen molar-refractivity contribution in [2.24, 2.45) is 0 Å². The number of benzene rings is 1. The van der Waals surface area contributed by atoms with Crippen molar-refractivity contribution >= 4 is 27.3 Å². The fourth-order valence-electron chi connectivity index (χ4n) is 1.79. The van der Waals surface area contributed by atoms with Gasteiger partial charge in [-0.1, -0.05) is 0 Å². The second-order valence-corrected chi connectivity index (χ2v) is 6.84. The van der Waals surface area contributed by atoms with Gasteiger partial charge in [0.1, 0.15) is 5.69 Å². The third-order valence-corrected chi connectivity index (χ3v) is 4.34. The van der Waals surface area contributed by atoms with Gasteiger partial charge in [0.2, 0.25) is 15.9 Å². The molecule has 0 spiro atoms. The van der Waals surface area contributed by atoms with E-state index >= 15 is 0 Å². The average molecular weight is 344 g/mol. The van der Waals surface area contributed by atoms with Crippen LogP contribution < -0.4 is 15.4 Å². The monoisotopic (exact) mass is 344 g/mol. The van der Waals surface area contributed by atoms with E-state index in [9.17, 15) is 23.3 Å². The number of nitrogens with one attached hydrogen (secondary N) is 3. The Hall–Kier alpha value is -2.20. The highest BCUT2D eigenvalue weighted by molar-refractivity contribution is 7.89. The van der Waals surface area contributed by atoms with E-state index in [1.165, 1.54) is 19.1 Å². The van der Waals surface area contributed by atoms with Gasteiger partial charge < -0.3 is 10.6 Å². The maximum atomic E-state index is 12.1. The van der Waals surface area contributed by atoms with Gasteiger partial charge in [0.25, 0.3) is 5.69 Å². The van der Waals surface area contributed by atoms with E-state index < -0.39 is 14.9 Å². The summed E-state index contributed by atoms with van der Waals surface area (Å²) < 4.78 is 26.5. The van der Waals surface area contributed by atoms with Crippen LogP contribution in [0.25, 0.3) is 0 Å². The van der Waals surface area contributed by atoms with Gasteiger partial charge >= 0.3 is 0 Å². The zero-order valence-electron chi connectivity index (χ0n) is 13.1. The molecule has 0 aliphatic carbocycles. The number of sulfonamides is 1. The van der Waals surface area contributed by atoms with E-state index in [0.29, 0.717) is 6.54 Å². The molecular formula is C13H20N4O5S. The molecule has 0 heterocycles. The Morgan fingerprint density at radius 1 is 1.30 bits per heavy atom. The standard InChI is InChI=1S/C13H20N4O5S/c1-9(2)16-23(21,22)11-4-5-12(13(8-11)17(19)20)15-7-6-14-10(3)18/h4-5,8-9,15-16H,6-7H2,1-3H3,(H,14,18). The summed E-state index contributed by atoms with van der Waals surface area (Å²) in [7, 11) is -3.81. The second kappa shape index (κ2) is 7.88. The number of rotatable bonds is 8. The maximum Gasteiger partial charge on any atom is 0.293 e. The summed E-state index contributed by atoms with van der Waals surface area (Å²) in [6, 6.07) is 3.31. The molecule has 1 aromatic rings. The molecule has 0 saturated carbocycles. The highest BCUT2D eigenvalue weighted by Gasteiger charge is 2.21. The molecule has 0 radical (unpaired) electrons. The molecule has 0 bridgehead atoms. The third kappa shape index (κ3) is 5.83. The summed E-state index contributed by atoms with van der Waals surface area (Å²) >= 11 is 0. The highest BCUT2D eigenvalue weighted by Crippen LogP contribution is 2.27. The lowest BCUT2D eigenvalue weighted by Gasteiger charge is -2.11. The molecule has 0 unspecified atom stereocenters. The van der Waals surface area contributed by atoms with Crippen LogP contribution in [0.1, 0.15) is 20.8 Å². The first-order valence-corrected chi connectivity index (χ1v) is 8.41. The lowest BCUT2D eigenvalue weighted by atomic mass is 10.2. The molecule has 0 atom stereocenters. The summed E-state index contributed by atoms with van der Waals surface area (Å²) in [6.45, 7) is 5.25. The number of anilines is 1. The highest BCUT2D eigenvalue weighted by atomic mass is 32.2. The minimum absolute atomic E-state index is 0.176. The number of nitro benzene ring substituents is 1. The van der Waals surface area contributed by atoms with Crippen molar-refractivity contribution in [3.8, 4) is 0 Å². The topological polar surface area (TPSA) is 130 Å². The van der Waals surface area contributed by atoms with Crippen molar-refractivity contribution in [1.29, 1.82) is 0 Å². The molecule has 9 nitrogen and oxygen atoms in total. The molecule has 1 rings (SSSR count). The van der Waals surface area contributed by atoms with Crippen molar-refractivity contribution in [2.75, 3.05) is 18.4 Å². The van der Waals surface area contributed by atoms with Gasteiger partial charge in [0.05, 0.1) is 9.82 Å². The summed E-state index contributed by atoms with van der Waals surface area (Å²) in [5, 5.41) is 16.5. The van der Waals surface area contributed by atoms with E-state index in [2.05, 4.69) is 15.4 Å². The lowest BCUT2D eigenvalue weighted by molar-refractivity contribution is -0.384. The van der Waals surface area contributed by atoms with E-state index in [1.807, 2.05) is 0 Å². The Balaban J connectivity index is 2.99. The molecule has 1 aromatic carbocycles. The molecule has 0 aromatic heterocycles. The van der Waals surface area contributed by atoms with Gasteiger partial charge in [0.15, 0.2) is 0 Å². The molecule has 0 fully saturated rings. The van der Waals surface area contributed by atoms with E-state index in [0.717, 1.165) is 6.07 Å². The quantitative estimate of drug-likeness (QED) is 0.364. The molecule has 23 heavy (non-hydrogen) atoms. The minimum Gasteiger partial charge on any atom is -0.378 e. The number of nitrogens with zero attached hydrogens (tertiary/aromatic N) is 1. The van der Waals surface area contributed by atoms with Crippen LogP contribution in [0.15, 0.2) is 23.1 Å². The van der Waals surface area contributed by atoms with Crippen molar-refractivity contribution < 1.29 is 18.1 Å². The molecular weight excluding hydrogens is 324 g/mol. The molecule has 1 amide bonds. The zero-order chi connectivity index (χ0) is 17.6. The van der Waals surface area contributed by atoms with E-state index in [-0.39, 0.29) is 34.8 Å². The first-order valence-electron chi connectivity index (χ1n) is 6.92. The summed E-state index contributed by atoms with van der Waals surface area (Å²) in [6.07, 6.45) is 0. The number of amides is 1. The molecule has 128 valence electrons. The van der Waals surface area contributed by atoms with Crippen LogP contribution in [-0.4, -0.2) is 38.4 Å². The largest absolute Gasteiger partial charge is 0.378 e. The SMILES string of the molecule is CC(=O)NCCNc1ccc(S(=O)(=O)NC(C)C)cc1[N+](=O)[O-]. The van der Waals surface area contributed by atoms with Crippen molar-refractivity contribution in [3.63, 3.8) is 0 Å². The Morgan fingerprint density at radius 2 is 1.96 bits per heavy atom. The van der Waals surface area contributed by atoms with Gasteiger partial charge in [-0.25, -0.2) is 13.1 Å². The van der Waals surface area contributed by atoms with Crippen LogP contribution in [0.4, 0.5) is 11.4 Å². The molecule has 0 saturated heterocycles. The molecule has 10 heteroatoms. The predicted molar refractivity (Wildman–Crippen MR) is 85.7 cm³/mol. The first-order chi connectivity index (χ1) is 10.6. The van der Waals surface area contributed by atoms with Gasteiger partial charge in [-0.3, -0.25) is 14.9 Å². The Labute approximate surface area is 134 Å². The fraction of sp³-hybridized carbons (Fsp3) is 0.462. The van der Waals surface area contributed by atoms with E-state index in [1.54, 1.807) is 13.8 Å². The van der Waals surface area contributed by atoms with Gasteiger partial charge in [0, 0.05) is 32.1 Å². The smallest absolute Gasteiger partial charge is 0.293 e. The maximum absolute atomic E-state index is 12.1. The Bertz CT molecular complexity index is 688. The van der Waals surface area contributed by atoms with E-state index in [4.69, 9.17) is 0 Å². The van der Waals surface area contributed by atoms with Crippen LogP contribution >= 0.6 is 0 Å². The van der Waals surface area contributed by atoms with Crippen molar-refractivity contribution in [2.45, 2.75) is 31.7 Å². The van der Waals surface area contributed by atoms with Crippen molar-refractivity contribution in [1.82, 2.24) is 10.0 Å². The van der Waals surface area contributed by atoms with Crippen LogP contribution in [0.2, 0.25) is 0 Å². The fourth-order valence-corrected chi connectivity index (χ4v) is 3.06. The lowest BCUT2D eigenvalue weighted by Crippen LogP contribution is -2.30. The predicted octanol–water partition coefficient (Wildman–Crippen LogP) is 0.830. The average Bonchev–Trinajstić information content (AvgIpc) is 2.41. The minimum atomic E-state index is -3.81. The van der Waals surface area contributed by atoms with Gasteiger partial charge in [-0.2, -0.15) is 0 Å². The van der Waals surface area contributed by atoms with Crippen LogP contribution in [0.5, 0.6) is 0 Å². The summed E-state index contributed by atoms with van der Waals surface area (Å²) in [5.41, 5.74) is -0.164. The van der Waals surface area contributed by atoms with Gasteiger partial charge in [-0.05, 0) is 26.0 Å². The normalized spacial score (nSPS) is 11.3. The third-order valence-electron chi connectivity index (χ3n) is 2.68. The number of hydrogen-bond acceptors (Lipinski definition) is 6. The molecule has 3 N–H and O–H groups in total. The van der Waals surface area contributed by atoms with Gasteiger partial charge in [-0.15, -0.1) is 0 Å². The number of hydrogen-bond donors (Lipinski definition) is 3. The second-order valence-electron chi connectivity index (χ2n) is 5.12. The first kappa shape index (κ1) is 18.8. The number of carbonyl (C=O) groups excluding carboxylic acids is 1.